The molecule has 1 rings (SSSR count). The molecule has 0 aliphatic carbocycles. The summed E-state index contributed by atoms with van der Waals surface area (Å²) in [6, 6.07) is 2.60. The van der Waals surface area contributed by atoms with Crippen LogP contribution in [0.2, 0.25) is 0 Å². The number of hydrogen-bond acceptors (Lipinski definition) is 3. The highest BCUT2D eigenvalue weighted by Crippen LogP contribution is 2.06. The van der Waals surface area contributed by atoms with Crippen LogP contribution in [0.5, 0.6) is 0 Å². The lowest BCUT2D eigenvalue weighted by molar-refractivity contribution is 0.179. The number of nitrogens with zero attached hydrogens (tertiary/aromatic N) is 1. The summed E-state index contributed by atoms with van der Waals surface area (Å²) >= 11 is 0. The highest BCUT2D eigenvalue weighted by molar-refractivity contribution is 5.85. The van der Waals surface area contributed by atoms with Crippen LogP contribution >= 0.6 is 12.4 Å². The Bertz CT molecular complexity index is 242. The molecule has 0 aromatic carbocycles. The Labute approximate surface area is 82.5 Å². The zero-order valence-electron chi connectivity index (χ0n) is 7.24. The van der Waals surface area contributed by atoms with Crippen LogP contribution in [-0.4, -0.2) is 18.7 Å². The van der Waals surface area contributed by atoms with Gasteiger partial charge < -0.3 is 10.5 Å². The number of aromatic nitrogens is 1. The fraction of sp³-hybridized carbons (Fsp3) is 0.375. The van der Waals surface area contributed by atoms with Crippen molar-refractivity contribution in [1.29, 1.82) is 0 Å². The summed E-state index contributed by atoms with van der Waals surface area (Å²) in [7, 11) is 1.56. The van der Waals surface area contributed by atoms with Crippen LogP contribution in [0, 0.1) is 5.82 Å². The minimum atomic E-state index is -0.358. The van der Waals surface area contributed by atoms with Crippen molar-refractivity contribution in [3.63, 3.8) is 0 Å². The van der Waals surface area contributed by atoms with E-state index in [4.69, 9.17) is 10.5 Å². The zero-order chi connectivity index (χ0) is 8.97. The topological polar surface area (TPSA) is 48.1 Å². The van der Waals surface area contributed by atoms with Crippen LogP contribution in [-0.2, 0) is 4.74 Å². The van der Waals surface area contributed by atoms with Crippen molar-refractivity contribution in [2.75, 3.05) is 13.7 Å². The normalized spacial score (nSPS) is 11.9. The highest BCUT2D eigenvalue weighted by atomic mass is 35.5. The van der Waals surface area contributed by atoms with Gasteiger partial charge in [0, 0.05) is 7.11 Å². The molecule has 1 unspecified atom stereocenters. The zero-order valence-corrected chi connectivity index (χ0v) is 8.05. The lowest BCUT2D eigenvalue weighted by Gasteiger charge is -2.08. The highest BCUT2D eigenvalue weighted by Gasteiger charge is 2.05. The van der Waals surface area contributed by atoms with Gasteiger partial charge >= 0.3 is 0 Å². The Morgan fingerprint density at radius 1 is 1.62 bits per heavy atom. The maximum Gasteiger partial charge on any atom is 0.141 e. The number of ether oxygens (including phenoxy) is 1. The summed E-state index contributed by atoms with van der Waals surface area (Å²) in [6.45, 7) is 0.388. The lowest BCUT2D eigenvalue weighted by Crippen LogP contribution is -2.17. The summed E-state index contributed by atoms with van der Waals surface area (Å²) in [5.74, 6) is -0.358. The van der Waals surface area contributed by atoms with Gasteiger partial charge in [-0.25, -0.2) is 4.39 Å². The first-order chi connectivity index (χ1) is 5.74. The monoisotopic (exact) mass is 206 g/mol. The number of methoxy groups -OCH3 is 1. The van der Waals surface area contributed by atoms with E-state index in [1.807, 2.05) is 0 Å². The Kier molecular flexibility index (Phi) is 5.53. The van der Waals surface area contributed by atoms with E-state index in [1.54, 1.807) is 13.2 Å². The van der Waals surface area contributed by atoms with E-state index in [-0.39, 0.29) is 24.3 Å². The molecule has 0 saturated heterocycles. The fourth-order valence-electron chi connectivity index (χ4n) is 0.872. The maximum atomic E-state index is 12.4. The van der Waals surface area contributed by atoms with Gasteiger partial charge in [-0.1, -0.05) is 0 Å². The van der Waals surface area contributed by atoms with Crippen molar-refractivity contribution in [3.05, 3.63) is 29.8 Å². The molecule has 0 spiro atoms. The molecule has 1 atom stereocenters. The van der Waals surface area contributed by atoms with Gasteiger partial charge in [0.15, 0.2) is 0 Å². The number of nitrogens with two attached hydrogens (primary N) is 1. The Balaban J connectivity index is 0.00000144. The molecule has 0 aliphatic heterocycles. The van der Waals surface area contributed by atoms with Crippen LogP contribution in [0.3, 0.4) is 0 Å². The largest absolute Gasteiger partial charge is 0.383 e. The molecule has 0 amide bonds. The van der Waals surface area contributed by atoms with Crippen molar-refractivity contribution >= 4 is 12.4 Å². The molecule has 0 saturated carbocycles. The lowest BCUT2D eigenvalue weighted by atomic mass is 10.2. The molecule has 1 heterocycles. The Hall–Kier alpha value is -0.710. The van der Waals surface area contributed by atoms with Crippen molar-refractivity contribution in [1.82, 2.24) is 4.98 Å². The molecule has 0 bridgehead atoms. The van der Waals surface area contributed by atoms with E-state index >= 15 is 0 Å². The number of halogens is 2. The Morgan fingerprint density at radius 3 is 2.77 bits per heavy atom. The molecule has 1 aromatic heterocycles. The third kappa shape index (κ3) is 3.67. The minimum Gasteiger partial charge on any atom is -0.383 e. The fourth-order valence-corrected chi connectivity index (χ4v) is 0.872. The molecule has 0 aliphatic rings. The van der Waals surface area contributed by atoms with Gasteiger partial charge in [-0.15, -0.1) is 12.4 Å². The Morgan fingerprint density at radius 2 is 2.31 bits per heavy atom. The second kappa shape index (κ2) is 5.85. The van der Waals surface area contributed by atoms with Crippen LogP contribution in [0.15, 0.2) is 18.3 Å². The minimum absolute atomic E-state index is 0. The first-order valence-electron chi connectivity index (χ1n) is 3.60. The molecule has 5 heteroatoms. The molecular formula is C8H12ClFN2O. The SMILES string of the molecule is COCC(N)c1ccc(F)cn1.Cl. The summed E-state index contributed by atoms with van der Waals surface area (Å²) in [4.78, 5) is 3.82. The second-order valence-electron chi connectivity index (χ2n) is 2.46. The molecule has 74 valence electrons. The predicted molar refractivity (Wildman–Crippen MR) is 50.2 cm³/mol. The van der Waals surface area contributed by atoms with Crippen LogP contribution in [0.4, 0.5) is 4.39 Å². The third-order valence-corrected chi connectivity index (χ3v) is 1.48. The van der Waals surface area contributed by atoms with E-state index in [0.717, 1.165) is 6.20 Å². The van der Waals surface area contributed by atoms with Gasteiger partial charge in [0.2, 0.25) is 0 Å². The van der Waals surface area contributed by atoms with E-state index in [1.165, 1.54) is 6.07 Å². The standard InChI is InChI=1S/C8H11FN2O.ClH/c1-12-5-7(10)8-3-2-6(9)4-11-8;/h2-4,7H,5,10H2,1H3;1H. The maximum absolute atomic E-state index is 12.4. The van der Waals surface area contributed by atoms with Crippen LogP contribution in [0.25, 0.3) is 0 Å². The first kappa shape index (κ1) is 12.3. The van der Waals surface area contributed by atoms with Gasteiger partial charge in [0.1, 0.15) is 5.82 Å². The quantitative estimate of drug-likeness (QED) is 0.811. The predicted octanol–water partition coefficient (Wildman–Crippen LogP) is 1.29. The first-order valence-corrected chi connectivity index (χ1v) is 3.60. The van der Waals surface area contributed by atoms with Gasteiger partial charge in [0.25, 0.3) is 0 Å². The number of pyridine rings is 1. The second-order valence-corrected chi connectivity index (χ2v) is 2.46. The van der Waals surface area contributed by atoms with Gasteiger partial charge in [-0.05, 0) is 12.1 Å². The van der Waals surface area contributed by atoms with Crippen molar-refractivity contribution in [2.24, 2.45) is 5.73 Å². The van der Waals surface area contributed by atoms with E-state index in [9.17, 15) is 4.39 Å². The average molecular weight is 207 g/mol. The summed E-state index contributed by atoms with van der Waals surface area (Å²) < 4.78 is 17.2. The summed E-state index contributed by atoms with van der Waals surface area (Å²) in [5, 5.41) is 0. The van der Waals surface area contributed by atoms with Crippen LogP contribution < -0.4 is 5.73 Å². The molecule has 1 aromatic rings. The van der Waals surface area contributed by atoms with Gasteiger partial charge in [-0.3, -0.25) is 4.98 Å². The van der Waals surface area contributed by atoms with Gasteiger partial charge in [-0.2, -0.15) is 0 Å². The molecule has 0 fully saturated rings. The smallest absolute Gasteiger partial charge is 0.141 e. The molecule has 13 heavy (non-hydrogen) atoms. The third-order valence-electron chi connectivity index (χ3n) is 1.48. The molecule has 3 nitrogen and oxygen atoms in total. The van der Waals surface area contributed by atoms with Crippen LogP contribution in [0.1, 0.15) is 11.7 Å². The molecule has 2 N–H and O–H groups in total. The average Bonchev–Trinajstić information content (AvgIpc) is 2.06. The summed E-state index contributed by atoms with van der Waals surface area (Å²) in [6.07, 6.45) is 1.14. The van der Waals surface area contributed by atoms with E-state index in [0.29, 0.717) is 12.3 Å². The van der Waals surface area contributed by atoms with E-state index < -0.39 is 0 Å². The molecule has 0 radical (unpaired) electrons. The number of hydrogen-bond donors (Lipinski definition) is 1. The van der Waals surface area contributed by atoms with E-state index in [2.05, 4.69) is 4.98 Å². The van der Waals surface area contributed by atoms with Crippen molar-refractivity contribution in [2.45, 2.75) is 6.04 Å². The van der Waals surface area contributed by atoms with Crippen molar-refractivity contribution < 1.29 is 9.13 Å². The number of rotatable bonds is 3. The molecular weight excluding hydrogens is 195 g/mol. The van der Waals surface area contributed by atoms with Gasteiger partial charge in [0.05, 0.1) is 24.5 Å². The van der Waals surface area contributed by atoms with Crippen molar-refractivity contribution in [3.8, 4) is 0 Å². The summed E-state index contributed by atoms with van der Waals surface area (Å²) in [5.41, 5.74) is 6.28.